The van der Waals surface area contributed by atoms with Crippen LogP contribution in [0.15, 0.2) is 53.4 Å². The molecule has 0 radical (unpaired) electrons. The maximum atomic E-state index is 10.0. The molecule has 2 aromatic carbocycles. The van der Waals surface area contributed by atoms with Gasteiger partial charge in [0, 0.05) is 23.7 Å². The second kappa shape index (κ2) is 9.45. The Bertz CT molecular complexity index is 572. The van der Waals surface area contributed by atoms with Crippen LogP contribution in [0.4, 0.5) is 0 Å². The second-order valence-electron chi connectivity index (χ2n) is 5.12. The average molecular weight is 333 g/mol. The van der Waals surface area contributed by atoms with Gasteiger partial charge in [-0.2, -0.15) is 0 Å². The minimum Gasteiger partial charge on any atom is -0.497 e. The van der Waals surface area contributed by atoms with Crippen LogP contribution in [0.25, 0.3) is 0 Å². The van der Waals surface area contributed by atoms with Crippen LogP contribution in [0, 0.1) is 0 Å². The van der Waals surface area contributed by atoms with Crippen LogP contribution in [-0.4, -0.2) is 37.7 Å². The highest BCUT2D eigenvalue weighted by molar-refractivity contribution is 7.99. The number of benzene rings is 2. The van der Waals surface area contributed by atoms with Gasteiger partial charge in [-0.1, -0.05) is 12.1 Å². The fraction of sp³-hybridized carbons (Fsp3) is 0.333. The molecule has 2 N–H and O–H groups in total. The third-order valence-electron chi connectivity index (χ3n) is 3.37. The van der Waals surface area contributed by atoms with Gasteiger partial charge in [-0.15, -0.1) is 11.8 Å². The molecule has 4 nitrogen and oxygen atoms in total. The first kappa shape index (κ1) is 17.7. The lowest BCUT2D eigenvalue weighted by atomic mass is 10.2. The summed E-state index contributed by atoms with van der Waals surface area (Å²) in [6, 6.07) is 15.8. The van der Waals surface area contributed by atoms with Crippen molar-refractivity contribution in [1.82, 2.24) is 5.32 Å². The Kier molecular flexibility index (Phi) is 7.26. The Morgan fingerprint density at radius 2 is 1.52 bits per heavy atom. The van der Waals surface area contributed by atoms with Gasteiger partial charge >= 0.3 is 0 Å². The summed E-state index contributed by atoms with van der Waals surface area (Å²) in [5.74, 6) is 2.35. The summed E-state index contributed by atoms with van der Waals surface area (Å²) in [5.41, 5.74) is 1.17. The fourth-order valence-corrected chi connectivity index (χ4v) is 2.88. The quantitative estimate of drug-likeness (QED) is 0.691. The van der Waals surface area contributed by atoms with Gasteiger partial charge in [0.15, 0.2) is 0 Å². The summed E-state index contributed by atoms with van der Waals surface area (Å²) in [7, 11) is 3.31. The minimum absolute atomic E-state index is 0.389. The van der Waals surface area contributed by atoms with Gasteiger partial charge in [-0.25, -0.2) is 0 Å². The predicted octanol–water partition coefficient (Wildman–Crippen LogP) is 2.95. The molecule has 0 aromatic heterocycles. The van der Waals surface area contributed by atoms with Gasteiger partial charge in [-0.05, 0) is 42.0 Å². The van der Waals surface area contributed by atoms with Crippen molar-refractivity contribution in [3.8, 4) is 11.5 Å². The first-order valence-electron chi connectivity index (χ1n) is 7.50. The average Bonchev–Trinajstić information content (AvgIpc) is 2.61. The topological polar surface area (TPSA) is 50.7 Å². The van der Waals surface area contributed by atoms with E-state index in [0.717, 1.165) is 22.9 Å². The van der Waals surface area contributed by atoms with Crippen molar-refractivity contribution in [1.29, 1.82) is 0 Å². The van der Waals surface area contributed by atoms with Crippen molar-refractivity contribution in [2.24, 2.45) is 0 Å². The Morgan fingerprint density at radius 3 is 2.09 bits per heavy atom. The maximum absolute atomic E-state index is 10.0. The molecule has 0 unspecified atom stereocenters. The zero-order valence-corrected chi connectivity index (χ0v) is 14.3. The molecule has 23 heavy (non-hydrogen) atoms. The second-order valence-corrected chi connectivity index (χ2v) is 6.21. The molecule has 124 valence electrons. The number of aliphatic hydroxyl groups is 1. The Labute approximate surface area is 141 Å². The molecule has 0 heterocycles. The van der Waals surface area contributed by atoms with Crippen LogP contribution >= 0.6 is 11.8 Å². The van der Waals surface area contributed by atoms with E-state index >= 15 is 0 Å². The van der Waals surface area contributed by atoms with Crippen LogP contribution in [0.3, 0.4) is 0 Å². The SMILES string of the molecule is COc1ccc(CNC[C@H](O)CSc2ccc(OC)cc2)cc1. The van der Waals surface area contributed by atoms with Crippen LogP contribution < -0.4 is 14.8 Å². The van der Waals surface area contributed by atoms with E-state index in [2.05, 4.69) is 5.32 Å². The number of aliphatic hydroxyl groups excluding tert-OH is 1. The highest BCUT2D eigenvalue weighted by atomic mass is 32.2. The summed E-state index contributed by atoms with van der Waals surface area (Å²) in [6.45, 7) is 1.30. The first-order chi connectivity index (χ1) is 11.2. The highest BCUT2D eigenvalue weighted by Crippen LogP contribution is 2.21. The molecular formula is C18H23NO3S. The Hall–Kier alpha value is -1.69. The lowest BCUT2D eigenvalue weighted by molar-refractivity contribution is 0.195. The smallest absolute Gasteiger partial charge is 0.118 e. The summed E-state index contributed by atoms with van der Waals surface area (Å²) in [6.07, 6.45) is -0.389. The maximum Gasteiger partial charge on any atom is 0.118 e. The zero-order valence-electron chi connectivity index (χ0n) is 13.5. The summed E-state index contributed by atoms with van der Waals surface area (Å²) >= 11 is 1.64. The zero-order chi connectivity index (χ0) is 16.5. The molecule has 0 aliphatic heterocycles. The number of methoxy groups -OCH3 is 2. The number of nitrogens with one attached hydrogen (secondary N) is 1. The lowest BCUT2D eigenvalue weighted by Crippen LogP contribution is -2.28. The first-order valence-corrected chi connectivity index (χ1v) is 8.48. The van der Waals surface area contributed by atoms with Crippen molar-refractivity contribution < 1.29 is 14.6 Å². The summed E-state index contributed by atoms with van der Waals surface area (Å²) in [4.78, 5) is 1.13. The molecule has 1 atom stereocenters. The van der Waals surface area contributed by atoms with Gasteiger partial charge < -0.3 is 19.9 Å². The van der Waals surface area contributed by atoms with Crippen LogP contribution in [0.1, 0.15) is 5.56 Å². The van der Waals surface area contributed by atoms with E-state index in [9.17, 15) is 5.11 Å². The van der Waals surface area contributed by atoms with E-state index in [1.54, 1.807) is 26.0 Å². The highest BCUT2D eigenvalue weighted by Gasteiger charge is 2.05. The van der Waals surface area contributed by atoms with Crippen molar-refractivity contribution in [3.63, 3.8) is 0 Å². The van der Waals surface area contributed by atoms with E-state index in [4.69, 9.17) is 9.47 Å². The third-order valence-corrected chi connectivity index (χ3v) is 4.53. The standard InChI is InChI=1S/C18H23NO3S/c1-21-16-5-3-14(4-6-16)11-19-12-15(20)13-23-18-9-7-17(22-2)8-10-18/h3-10,15,19-20H,11-13H2,1-2H3/t15-/m0/s1. The number of thioether (sulfide) groups is 1. The van der Waals surface area contributed by atoms with Gasteiger partial charge in [0.05, 0.1) is 20.3 Å². The molecule has 0 fully saturated rings. The summed E-state index contributed by atoms with van der Waals surface area (Å²) in [5, 5.41) is 13.3. The Balaban J connectivity index is 1.66. The van der Waals surface area contributed by atoms with Crippen molar-refractivity contribution in [3.05, 3.63) is 54.1 Å². The van der Waals surface area contributed by atoms with Crippen molar-refractivity contribution in [2.75, 3.05) is 26.5 Å². The van der Waals surface area contributed by atoms with E-state index in [1.807, 2.05) is 48.5 Å². The molecule has 2 aromatic rings. The minimum atomic E-state index is -0.389. The largest absolute Gasteiger partial charge is 0.497 e. The molecule has 0 bridgehead atoms. The van der Waals surface area contributed by atoms with Crippen LogP contribution in [-0.2, 0) is 6.54 Å². The molecular weight excluding hydrogens is 310 g/mol. The number of hydrogen-bond acceptors (Lipinski definition) is 5. The molecule has 2 rings (SSSR count). The lowest BCUT2D eigenvalue weighted by Gasteiger charge is -2.12. The molecule has 0 amide bonds. The predicted molar refractivity (Wildman–Crippen MR) is 94.4 cm³/mol. The number of hydrogen-bond donors (Lipinski definition) is 2. The fourth-order valence-electron chi connectivity index (χ4n) is 2.05. The monoisotopic (exact) mass is 333 g/mol. The third kappa shape index (κ3) is 6.14. The Morgan fingerprint density at radius 1 is 0.957 bits per heavy atom. The van der Waals surface area contributed by atoms with E-state index in [-0.39, 0.29) is 6.10 Å². The number of ether oxygens (including phenoxy) is 2. The summed E-state index contributed by atoms with van der Waals surface area (Å²) < 4.78 is 10.3. The molecule has 0 saturated carbocycles. The molecule has 0 aliphatic carbocycles. The van der Waals surface area contributed by atoms with Crippen LogP contribution in [0.2, 0.25) is 0 Å². The van der Waals surface area contributed by atoms with Gasteiger partial charge in [0.1, 0.15) is 11.5 Å². The van der Waals surface area contributed by atoms with Gasteiger partial charge in [-0.3, -0.25) is 0 Å². The molecule has 0 spiro atoms. The van der Waals surface area contributed by atoms with E-state index in [1.165, 1.54) is 5.56 Å². The van der Waals surface area contributed by atoms with Crippen molar-refractivity contribution in [2.45, 2.75) is 17.5 Å². The van der Waals surface area contributed by atoms with Crippen molar-refractivity contribution >= 4 is 11.8 Å². The molecule has 0 aliphatic rings. The van der Waals surface area contributed by atoms with E-state index in [0.29, 0.717) is 12.3 Å². The van der Waals surface area contributed by atoms with Gasteiger partial charge in [0.25, 0.3) is 0 Å². The van der Waals surface area contributed by atoms with E-state index < -0.39 is 0 Å². The normalized spacial score (nSPS) is 12.0. The van der Waals surface area contributed by atoms with Crippen LogP contribution in [0.5, 0.6) is 11.5 Å². The van der Waals surface area contributed by atoms with Gasteiger partial charge in [0.2, 0.25) is 0 Å². The molecule has 5 heteroatoms. The molecule has 0 saturated heterocycles. The number of rotatable bonds is 9.